The third-order valence-corrected chi connectivity index (χ3v) is 3.67. The summed E-state index contributed by atoms with van der Waals surface area (Å²) < 4.78 is 40.5. The van der Waals surface area contributed by atoms with Gasteiger partial charge < -0.3 is 5.32 Å². The first-order chi connectivity index (χ1) is 8.54. The summed E-state index contributed by atoms with van der Waals surface area (Å²) in [7, 11) is 0. The second kappa shape index (κ2) is 5.31. The van der Waals surface area contributed by atoms with Crippen molar-refractivity contribution in [1.82, 2.24) is 5.32 Å². The van der Waals surface area contributed by atoms with Gasteiger partial charge in [0.1, 0.15) is 17.5 Å². The van der Waals surface area contributed by atoms with Crippen LogP contribution in [0.2, 0.25) is 0 Å². The summed E-state index contributed by atoms with van der Waals surface area (Å²) in [5, 5.41) is 3.12. The maximum Gasteiger partial charge on any atom is 0.133 e. The predicted molar refractivity (Wildman–Crippen MR) is 64.6 cm³/mol. The predicted octanol–water partition coefficient (Wildman–Crippen LogP) is 3.80. The third kappa shape index (κ3) is 2.69. The van der Waals surface area contributed by atoms with E-state index in [2.05, 4.69) is 5.32 Å². The molecule has 2 atom stereocenters. The lowest BCUT2D eigenvalue weighted by atomic mass is 9.90. The highest BCUT2D eigenvalue weighted by molar-refractivity contribution is 5.25. The van der Waals surface area contributed by atoms with E-state index in [1.54, 1.807) is 0 Å². The summed E-state index contributed by atoms with van der Waals surface area (Å²) in [5.41, 5.74) is -0.0300. The molecule has 0 radical (unpaired) electrons. The fourth-order valence-corrected chi connectivity index (χ4v) is 2.52. The van der Waals surface area contributed by atoms with Gasteiger partial charge in [0, 0.05) is 23.7 Å². The number of benzene rings is 1. The van der Waals surface area contributed by atoms with Crippen molar-refractivity contribution in [3.05, 3.63) is 35.1 Å². The van der Waals surface area contributed by atoms with Gasteiger partial charge >= 0.3 is 0 Å². The highest BCUT2D eigenvalue weighted by atomic mass is 19.1. The molecule has 18 heavy (non-hydrogen) atoms. The molecule has 2 rings (SSSR count). The molecule has 100 valence electrons. The first kappa shape index (κ1) is 13.4. The van der Waals surface area contributed by atoms with E-state index in [9.17, 15) is 13.2 Å². The van der Waals surface area contributed by atoms with E-state index in [1.165, 1.54) is 0 Å². The second-order valence-corrected chi connectivity index (χ2v) is 5.02. The van der Waals surface area contributed by atoms with Crippen LogP contribution in [0.5, 0.6) is 0 Å². The molecule has 0 amide bonds. The molecule has 1 aromatic carbocycles. The van der Waals surface area contributed by atoms with E-state index >= 15 is 0 Å². The van der Waals surface area contributed by atoms with Crippen LogP contribution in [-0.4, -0.2) is 6.54 Å². The lowest BCUT2D eigenvalue weighted by Crippen LogP contribution is -2.29. The standard InChI is InChI=1S/C14H18F3N/c1-3-18-14(8(2)9-4-5-9)13-11(16)6-10(15)7-12(13)17/h6-9,14,18H,3-5H2,1-2H3. The second-order valence-electron chi connectivity index (χ2n) is 5.02. The van der Waals surface area contributed by atoms with Crippen LogP contribution in [0.15, 0.2) is 12.1 Å². The molecule has 0 spiro atoms. The van der Waals surface area contributed by atoms with Gasteiger partial charge in [-0.2, -0.15) is 0 Å². The Balaban J connectivity index is 2.35. The van der Waals surface area contributed by atoms with Crippen LogP contribution in [0.4, 0.5) is 13.2 Å². The maximum absolute atomic E-state index is 13.8. The topological polar surface area (TPSA) is 12.0 Å². The quantitative estimate of drug-likeness (QED) is 0.846. The normalized spacial score (nSPS) is 18.7. The van der Waals surface area contributed by atoms with Crippen molar-refractivity contribution in [2.75, 3.05) is 6.54 Å². The number of rotatable bonds is 5. The van der Waals surface area contributed by atoms with Gasteiger partial charge in [0.15, 0.2) is 0 Å². The van der Waals surface area contributed by atoms with Crippen LogP contribution < -0.4 is 5.32 Å². The van der Waals surface area contributed by atoms with Gasteiger partial charge in [0.2, 0.25) is 0 Å². The van der Waals surface area contributed by atoms with E-state index in [1.807, 2.05) is 13.8 Å². The molecule has 1 aromatic rings. The van der Waals surface area contributed by atoms with Crippen LogP contribution in [0.3, 0.4) is 0 Å². The Morgan fingerprint density at radius 2 is 1.78 bits per heavy atom. The molecular formula is C14H18F3N. The zero-order valence-electron chi connectivity index (χ0n) is 10.6. The molecule has 1 aliphatic rings. The van der Waals surface area contributed by atoms with Crippen molar-refractivity contribution in [1.29, 1.82) is 0 Å². The van der Waals surface area contributed by atoms with Gasteiger partial charge in [-0.3, -0.25) is 0 Å². The Kier molecular flexibility index (Phi) is 3.95. The SMILES string of the molecule is CCNC(c1c(F)cc(F)cc1F)C(C)C1CC1. The average molecular weight is 257 g/mol. The van der Waals surface area contributed by atoms with E-state index < -0.39 is 17.5 Å². The minimum atomic E-state index is -0.872. The van der Waals surface area contributed by atoms with Crippen molar-refractivity contribution in [2.24, 2.45) is 11.8 Å². The van der Waals surface area contributed by atoms with Crippen molar-refractivity contribution in [2.45, 2.75) is 32.7 Å². The third-order valence-electron chi connectivity index (χ3n) is 3.67. The van der Waals surface area contributed by atoms with E-state index in [0.717, 1.165) is 25.0 Å². The molecular weight excluding hydrogens is 239 g/mol. The van der Waals surface area contributed by atoms with Gasteiger partial charge in [-0.25, -0.2) is 13.2 Å². The Morgan fingerprint density at radius 3 is 2.22 bits per heavy atom. The fraction of sp³-hybridized carbons (Fsp3) is 0.571. The van der Waals surface area contributed by atoms with E-state index in [0.29, 0.717) is 12.5 Å². The van der Waals surface area contributed by atoms with Crippen LogP contribution in [0.1, 0.15) is 38.3 Å². The lowest BCUT2D eigenvalue weighted by Gasteiger charge is -2.26. The molecule has 0 bridgehead atoms. The Hall–Kier alpha value is -1.03. The number of halogens is 3. The summed E-state index contributed by atoms with van der Waals surface area (Å²) in [6.45, 7) is 4.51. The minimum absolute atomic E-state index is 0.0300. The average Bonchev–Trinajstić information content (AvgIpc) is 3.09. The van der Waals surface area contributed by atoms with Gasteiger partial charge in [0.05, 0.1) is 0 Å². The summed E-state index contributed by atoms with van der Waals surface area (Å²) >= 11 is 0. The van der Waals surface area contributed by atoms with Crippen LogP contribution >= 0.6 is 0 Å². The first-order valence-electron chi connectivity index (χ1n) is 6.42. The fourth-order valence-electron chi connectivity index (χ4n) is 2.52. The lowest BCUT2D eigenvalue weighted by molar-refractivity contribution is 0.333. The monoisotopic (exact) mass is 257 g/mol. The van der Waals surface area contributed by atoms with Crippen LogP contribution in [0, 0.1) is 29.3 Å². The smallest absolute Gasteiger partial charge is 0.133 e. The number of hydrogen-bond donors (Lipinski definition) is 1. The molecule has 1 aliphatic carbocycles. The van der Waals surface area contributed by atoms with Crippen molar-refractivity contribution in [3.63, 3.8) is 0 Å². The van der Waals surface area contributed by atoms with E-state index in [-0.39, 0.29) is 17.5 Å². The summed E-state index contributed by atoms with van der Waals surface area (Å²) in [4.78, 5) is 0. The van der Waals surface area contributed by atoms with Crippen molar-refractivity contribution in [3.8, 4) is 0 Å². The molecule has 1 N–H and O–H groups in total. The number of nitrogens with one attached hydrogen (secondary N) is 1. The summed E-state index contributed by atoms with van der Waals surface area (Å²) in [6.07, 6.45) is 2.21. The zero-order chi connectivity index (χ0) is 13.3. The molecule has 2 unspecified atom stereocenters. The molecule has 0 heterocycles. The molecule has 4 heteroatoms. The first-order valence-corrected chi connectivity index (χ1v) is 6.42. The molecule has 0 aromatic heterocycles. The van der Waals surface area contributed by atoms with Gasteiger partial charge in [-0.05, 0) is 31.2 Å². The van der Waals surface area contributed by atoms with Crippen LogP contribution in [-0.2, 0) is 0 Å². The van der Waals surface area contributed by atoms with Gasteiger partial charge in [-0.15, -0.1) is 0 Å². The summed E-state index contributed by atoms with van der Waals surface area (Å²) in [6, 6.07) is 1.12. The van der Waals surface area contributed by atoms with Gasteiger partial charge in [0.25, 0.3) is 0 Å². The van der Waals surface area contributed by atoms with E-state index in [4.69, 9.17) is 0 Å². The van der Waals surface area contributed by atoms with Crippen molar-refractivity contribution >= 4 is 0 Å². The Bertz CT molecular complexity index is 406. The molecule has 1 saturated carbocycles. The maximum atomic E-state index is 13.8. The molecule has 0 aliphatic heterocycles. The Labute approximate surface area is 105 Å². The zero-order valence-corrected chi connectivity index (χ0v) is 10.6. The largest absolute Gasteiger partial charge is 0.310 e. The Morgan fingerprint density at radius 1 is 1.22 bits per heavy atom. The van der Waals surface area contributed by atoms with Gasteiger partial charge in [-0.1, -0.05) is 13.8 Å². The number of hydrogen-bond acceptors (Lipinski definition) is 1. The molecule has 1 nitrogen and oxygen atoms in total. The highest BCUT2D eigenvalue weighted by Gasteiger charge is 2.36. The molecule has 0 saturated heterocycles. The molecule has 1 fully saturated rings. The minimum Gasteiger partial charge on any atom is -0.310 e. The summed E-state index contributed by atoms with van der Waals surface area (Å²) in [5.74, 6) is -1.81. The van der Waals surface area contributed by atoms with Crippen molar-refractivity contribution < 1.29 is 13.2 Å². The highest BCUT2D eigenvalue weighted by Crippen LogP contribution is 2.43. The van der Waals surface area contributed by atoms with Crippen LogP contribution in [0.25, 0.3) is 0 Å².